The molecule has 0 spiro atoms. The SMILES string of the molecule is Cc1cc2cccc(S(=O)(=O)Cl)c2o1. The highest BCUT2D eigenvalue weighted by Gasteiger charge is 2.16. The van der Waals surface area contributed by atoms with Gasteiger partial charge in [0.1, 0.15) is 10.7 Å². The van der Waals surface area contributed by atoms with E-state index in [1.165, 1.54) is 6.07 Å². The molecule has 1 aromatic carbocycles. The standard InChI is InChI=1S/C9H7ClO3S/c1-6-5-7-3-2-4-8(9(7)13-6)14(10,11)12/h2-5H,1H3. The zero-order chi connectivity index (χ0) is 10.3. The maximum Gasteiger partial charge on any atom is 0.265 e. The van der Waals surface area contributed by atoms with E-state index in [0.29, 0.717) is 11.3 Å². The van der Waals surface area contributed by atoms with Crippen molar-refractivity contribution in [1.29, 1.82) is 0 Å². The lowest BCUT2D eigenvalue weighted by Crippen LogP contribution is -1.89. The van der Waals surface area contributed by atoms with Crippen molar-refractivity contribution in [3.63, 3.8) is 0 Å². The summed E-state index contributed by atoms with van der Waals surface area (Å²) in [5.74, 6) is 0.660. The number of hydrogen-bond acceptors (Lipinski definition) is 3. The molecule has 0 unspecified atom stereocenters. The summed E-state index contributed by atoms with van der Waals surface area (Å²) in [7, 11) is 1.52. The summed E-state index contributed by atoms with van der Waals surface area (Å²) >= 11 is 0. The first kappa shape index (κ1) is 9.55. The van der Waals surface area contributed by atoms with Crippen LogP contribution in [0.15, 0.2) is 33.6 Å². The first-order chi connectivity index (χ1) is 6.48. The van der Waals surface area contributed by atoms with Gasteiger partial charge in [-0.15, -0.1) is 0 Å². The minimum atomic E-state index is -3.74. The van der Waals surface area contributed by atoms with Gasteiger partial charge in [-0.3, -0.25) is 0 Å². The summed E-state index contributed by atoms with van der Waals surface area (Å²) < 4.78 is 27.6. The first-order valence-corrected chi connectivity index (χ1v) is 6.23. The van der Waals surface area contributed by atoms with Gasteiger partial charge in [0.05, 0.1) is 0 Å². The number of fused-ring (bicyclic) bond motifs is 1. The van der Waals surface area contributed by atoms with Crippen molar-refractivity contribution in [3.8, 4) is 0 Å². The van der Waals surface area contributed by atoms with Crippen LogP contribution < -0.4 is 0 Å². The predicted molar refractivity (Wildman–Crippen MR) is 54.0 cm³/mol. The highest BCUT2D eigenvalue weighted by atomic mass is 35.7. The van der Waals surface area contributed by atoms with Gasteiger partial charge < -0.3 is 4.42 Å². The third kappa shape index (κ3) is 1.51. The normalized spacial score (nSPS) is 12.1. The Balaban J connectivity index is 2.90. The van der Waals surface area contributed by atoms with Crippen LogP contribution in [0.25, 0.3) is 11.0 Å². The van der Waals surface area contributed by atoms with Crippen LogP contribution in [0, 0.1) is 6.92 Å². The van der Waals surface area contributed by atoms with E-state index in [9.17, 15) is 8.42 Å². The van der Waals surface area contributed by atoms with Crippen LogP contribution in [0.1, 0.15) is 5.76 Å². The van der Waals surface area contributed by atoms with Crippen LogP contribution in [0.3, 0.4) is 0 Å². The van der Waals surface area contributed by atoms with Gasteiger partial charge >= 0.3 is 0 Å². The largest absolute Gasteiger partial charge is 0.460 e. The maximum atomic E-state index is 11.2. The highest BCUT2D eigenvalue weighted by molar-refractivity contribution is 8.13. The minimum Gasteiger partial charge on any atom is -0.460 e. The van der Waals surface area contributed by atoms with Gasteiger partial charge in [0.2, 0.25) is 0 Å². The average molecular weight is 231 g/mol. The second-order valence-corrected chi connectivity index (χ2v) is 5.50. The zero-order valence-corrected chi connectivity index (χ0v) is 8.89. The van der Waals surface area contributed by atoms with Crippen molar-refractivity contribution in [2.75, 3.05) is 0 Å². The molecule has 0 amide bonds. The molecule has 0 N–H and O–H groups in total. The Morgan fingerprint density at radius 3 is 2.71 bits per heavy atom. The van der Waals surface area contributed by atoms with Gasteiger partial charge in [-0.05, 0) is 19.1 Å². The zero-order valence-electron chi connectivity index (χ0n) is 7.32. The molecular formula is C9H7ClO3S. The van der Waals surface area contributed by atoms with Crippen molar-refractivity contribution in [3.05, 3.63) is 30.0 Å². The fourth-order valence-corrected chi connectivity index (χ4v) is 2.34. The first-order valence-electron chi connectivity index (χ1n) is 3.92. The molecular weight excluding hydrogens is 224 g/mol. The Labute approximate surface area is 85.7 Å². The molecule has 0 aliphatic carbocycles. The molecule has 5 heteroatoms. The molecule has 0 radical (unpaired) electrons. The highest BCUT2D eigenvalue weighted by Crippen LogP contribution is 2.27. The Morgan fingerprint density at radius 2 is 2.07 bits per heavy atom. The fourth-order valence-electron chi connectivity index (χ4n) is 1.36. The van der Waals surface area contributed by atoms with E-state index in [1.807, 2.05) is 0 Å². The quantitative estimate of drug-likeness (QED) is 0.708. The van der Waals surface area contributed by atoms with Crippen molar-refractivity contribution < 1.29 is 12.8 Å². The third-order valence-corrected chi connectivity index (χ3v) is 3.24. The van der Waals surface area contributed by atoms with Crippen LogP contribution in [-0.2, 0) is 9.05 Å². The fraction of sp³-hybridized carbons (Fsp3) is 0.111. The molecule has 2 rings (SSSR count). The van der Waals surface area contributed by atoms with Crippen molar-refractivity contribution in [2.45, 2.75) is 11.8 Å². The minimum absolute atomic E-state index is 0.0183. The second-order valence-electron chi connectivity index (χ2n) is 2.97. The number of furan rings is 1. The van der Waals surface area contributed by atoms with E-state index in [1.54, 1.807) is 25.1 Å². The lowest BCUT2D eigenvalue weighted by Gasteiger charge is -1.95. The van der Waals surface area contributed by atoms with Crippen LogP contribution in [0.4, 0.5) is 0 Å². The Morgan fingerprint density at radius 1 is 1.36 bits per heavy atom. The smallest absolute Gasteiger partial charge is 0.265 e. The molecule has 0 fully saturated rings. The number of para-hydroxylation sites is 1. The van der Waals surface area contributed by atoms with Gasteiger partial charge in [-0.25, -0.2) is 8.42 Å². The summed E-state index contributed by atoms with van der Waals surface area (Å²) in [5, 5.41) is 0.740. The summed E-state index contributed by atoms with van der Waals surface area (Å²) in [4.78, 5) is 0.0183. The molecule has 74 valence electrons. The van der Waals surface area contributed by atoms with Crippen LogP contribution in [-0.4, -0.2) is 8.42 Å². The predicted octanol–water partition coefficient (Wildman–Crippen LogP) is 2.67. The van der Waals surface area contributed by atoms with Gasteiger partial charge in [0.15, 0.2) is 5.58 Å². The van der Waals surface area contributed by atoms with Crippen LogP contribution >= 0.6 is 10.7 Å². The molecule has 0 bridgehead atoms. The molecule has 2 aromatic rings. The van der Waals surface area contributed by atoms with Crippen LogP contribution in [0.2, 0.25) is 0 Å². The lowest BCUT2D eigenvalue weighted by molar-refractivity contribution is 0.567. The Hall–Kier alpha value is -1.00. The number of halogens is 1. The molecule has 3 nitrogen and oxygen atoms in total. The van der Waals surface area contributed by atoms with E-state index in [4.69, 9.17) is 15.1 Å². The summed E-state index contributed by atoms with van der Waals surface area (Å²) in [6.45, 7) is 1.75. The number of rotatable bonds is 1. The molecule has 0 saturated carbocycles. The van der Waals surface area contributed by atoms with Gasteiger partial charge in [-0.1, -0.05) is 12.1 Å². The van der Waals surface area contributed by atoms with E-state index >= 15 is 0 Å². The number of benzene rings is 1. The molecule has 0 atom stereocenters. The average Bonchev–Trinajstić information content (AvgIpc) is 2.41. The second kappa shape index (κ2) is 3.00. The number of hydrogen-bond donors (Lipinski definition) is 0. The molecule has 1 heterocycles. The van der Waals surface area contributed by atoms with E-state index in [2.05, 4.69) is 0 Å². The van der Waals surface area contributed by atoms with Crippen molar-refractivity contribution in [1.82, 2.24) is 0 Å². The van der Waals surface area contributed by atoms with E-state index < -0.39 is 9.05 Å². The maximum absolute atomic E-state index is 11.2. The van der Waals surface area contributed by atoms with Gasteiger partial charge in [-0.2, -0.15) is 0 Å². The third-order valence-electron chi connectivity index (χ3n) is 1.89. The molecule has 0 saturated heterocycles. The number of aryl methyl sites for hydroxylation is 1. The Bertz CT molecular complexity index is 583. The molecule has 0 aliphatic heterocycles. The Kier molecular flexibility index (Phi) is 2.05. The summed E-state index contributed by atoms with van der Waals surface area (Å²) in [6, 6.07) is 6.60. The van der Waals surface area contributed by atoms with Crippen molar-refractivity contribution >= 4 is 30.7 Å². The van der Waals surface area contributed by atoms with E-state index in [-0.39, 0.29) is 4.90 Å². The molecule has 14 heavy (non-hydrogen) atoms. The van der Waals surface area contributed by atoms with Gasteiger partial charge in [0.25, 0.3) is 9.05 Å². The topological polar surface area (TPSA) is 47.3 Å². The monoisotopic (exact) mass is 230 g/mol. The summed E-state index contributed by atoms with van der Waals surface area (Å²) in [5.41, 5.74) is 0.319. The van der Waals surface area contributed by atoms with Crippen molar-refractivity contribution in [2.24, 2.45) is 0 Å². The van der Waals surface area contributed by atoms with E-state index in [0.717, 1.165) is 5.39 Å². The molecule has 0 aliphatic rings. The van der Waals surface area contributed by atoms with Crippen LogP contribution in [0.5, 0.6) is 0 Å². The summed E-state index contributed by atoms with van der Waals surface area (Å²) in [6.07, 6.45) is 0. The lowest BCUT2D eigenvalue weighted by atomic mass is 10.2. The van der Waals surface area contributed by atoms with Gasteiger partial charge in [0, 0.05) is 16.1 Å². The molecule has 1 aromatic heterocycles.